The van der Waals surface area contributed by atoms with Crippen molar-refractivity contribution in [2.45, 2.75) is 44.7 Å². The van der Waals surface area contributed by atoms with Gasteiger partial charge in [-0.2, -0.15) is 0 Å². The number of aliphatic hydroxyl groups is 2. The molecule has 1 fully saturated rings. The van der Waals surface area contributed by atoms with Crippen molar-refractivity contribution in [2.24, 2.45) is 5.92 Å². The van der Waals surface area contributed by atoms with E-state index in [2.05, 4.69) is 12.2 Å². The smallest absolute Gasteiger partial charge is 0.0647 e. The average molecular weight is 231 g/mol. The Morgan fingerprint density at radius 1 is 1.31 bits per heavy atom. The van der Waals surface area contributed by atoms with Gasteiger partial charge in [-0.15, -0.1) is 0 Å². The fourth-order valence-corrected chi connectivity index (χ4v) is 2.28. The van der Waals surface area contributed by atoms with E-state index < -0.39 is 5.54 Å². The summed E-state index contributed by atoms with van der Waals surface area (Å²) >= 11 is 0. The highest BCUT2D eigenvalue weighted by Crippen LogP contribution is 2.21. The molecule has 1 unspecified atom stereocenters. The Morgan fingerprint density at radius 2 is 1.88 bits per heavy atom. The van der Waals surface area contributed by atoms with Crippen LogP contribution < -0.4 is 5.32 Å². The van der Waals surface area contributed by atoms with E-state index in [1.165, 1.54) is 0 Å². The van der Waals surface area contributed by atoms with E-state index >= 15 is 0 Å². The van der Waals surface area contributed by atoms with Crippen LogP contribution in [0.5, 0.6) is 0 Å². The molecule has 1 saturated heterocycles. The molecule has 1 aliphatic rings. The van der Waals surface area contributed by atoms with Crippen molar-refractivity contribution >= 4 is 0 Å². The van der Waals surface area contributed by atoms with Crippen LogP contribution in [0, 0.1) is 5.92 Å². The first-order valence-corrected chi connectivity index (χ1v) is 6.24. The van der Waals surface area contributed by atoms with Crippen molar-refractivity contribution in [3.05, 3.63) is 0 Å². The van der Waals surface area contributed by atoms with Crippen LogP contribution in [0.15, 0.2) is 0 Å². The topological polar surface area (TPSA) is 61.7 Å². The highest BCUT2D eigenvalue weighted by atomic mass is 16.5. The maximum Gasteiger partial charge on any atom is 0.0647 e. The molecule has 3 N–H and O–H groups in total. The van der Waals surface area contributed by atoms with Crippen molar-refractivity contribution in [1.82, 2.24) is 5.32 Å². The van der Waals surface area contributed by atoms with Crippen molar-refractivity contribution < 1.29 is 14.9 Å². The second-order valence-corrected chi connectivity index (χ2v) is 4.83. The molecule has 1 aliphatic heterocycles. The van der Waals surface area contributed by atoms with Crippen molar-refractivity contribution in [3.8, 4) is 0 Å². The van der Waals surface area contributed by atoms with E-state index in [4.69, 9.17) is 4.74 Å². The SMILES string of the molecule is CCC(CO)(CO)NC(C)C1CCOCC1. The fourth-order valence-electron chi connectivity index (χ4n) is 2.28. The lowest BCUT2D eigenvalue weighted by Crippen LogP contribution is -2.56. The molecule has 0 aromatic carbocycles. The van der Waals surface area contributed by atoms with Gasteiger partial charge in [0, 0.05) is 19.3 Å². The Morgan fingerprint density at radius 3 is 2.31 bits per heavy atom. The first kappa shape index (κ1) is 13.9. The zero-order chi connectivity index (χ0) is 12.0. The molecule has 96 valence electrons. The molecule has 0 aromatic heterocycles. The Bertz CT molecular complexity index is 180. The monoisotopic (exact) mass is 231 g/mol. The van der Waals surface area contributed by atoms with Gasteiger partial charge in [-0.1, -0.05) is 6.92 Å². The minimum Gasteiger partial charge on any atom is -0.394 e. The van der Waals surface area contributed by atoms with Crippen LogP contribution in [-0.2, 0) is 4.74 Å². The second kappa shape index (κ2) is 6.55. The molecule has 1 heterocycles. The highest BCUT2D eigenvalue weighted by Gasteiger charge is 2.31. The molecule has 16 heavy (non-hydrogen) atoms. The largest absolute Gasteiger partial charge is 0.394 e. The molecule has 0 radical (unpaired) electrons. The normalized spacial score (nSPS) is 21.0. The number of rotatable bonds is 6. The van der Waals surface area contributed by atoms with Gasteiger partial charge in [0.05, 0.1) is 18.8 Å². The van der Waals surface area contributed by atoms with Crippen LogP contribution in [0.3, 0.4) is 0 Å². The number of nitrogens with one attached hydrogen (secondary N) is 1. The Balaban J connectivity index is 2.49. The van der Waals surface area contributed by atoms with E-state index in [1.807, 2.05) is 6.92 Å². The summed E-state index contributed by atoms with van der Waals surface area (Å²) in [4.78, 5) is 0. The Hall–Kier alpha value is -0.160. The molecule has 1 rings (SSSR count). The highest BCUT2D eigenvalue weighted by molar-refractivity contribution is 4.90. The Labute approximate surface area is 98.0 Å². The molecular weight excluding hydrogens is 206 g/mol. The van der Waals surface area contributed by atoms with E-state index in [0.717, 1.165) is 32.5 Å². The summed E-state index contributed by atoms with van der Waals surface area (Å²) in [6.45, 7) is 5.73. The predicted octanol–water partition coefficient (Wildman–Crippen LogP) is 0.524. The molecule has 4 nitrogen and oxygen atoms in total. The van der Waals surface area contributed by atoms with Gasteiger partial charge >= 0.3 is 0 Å². The maximum atomic E-state index is 9.38. The summed E-state index contributed by atoms with van der Waals surface area (Å²) in [6, 6.07) is 0.308. The van der Waals surface area contributed by atoms with Gasteiger partial charge in [-0.25, -0.2) is 0 Å². The summed E-state index contributed by atoms with van der Waals surface area (Å²) in [5, 5.41) is 22.1. The summed E-state index contributed by atoms with van der Waals surface area (Å²) < 4.78 is 5.33. The van der Waals surface area contributed by atoms with Gasteiger partial charge in [0.25, 0.3) is 0 Å². The molecule has 0 spiro atoms. The van der Waals surface area contributed by atoms with Crippen LogP contribution in [0.2, 0.25) is 0 Å². The molecule has 1 atom stereocenters. The summed E-state index contributed by atoms with van der Waals surface area (Å²) in [6.07, 6.45) is 2.85. The number of hydrogen-bond acceptors (Lipinski definition) is 4. The zero-order valence-corrected chi connectivity index (χ0v) is 10.4. The standard InChI is InChI=1S/C12H25NO3/c1-3-12(8-14,9-15)13-10(2)11-4-6-16-7-5-11/h10-11,13-15H,3-9H2,1-2H3. The average Bonchev–Trinajstić information content (AvgIpc) is 2.37. The zero-order valence-electron chi connectivity index (χ0n) is 10.4. The van der Waals surface area contributed by atoms with Gasteiger partial charge in [-0.3, -0.25) is 0 Å². The van der Waals surface area contributed by atoms with Gasteiger partial charge in [0.1, 0.15) is 0 Å². The lowest BCUT2D eigenvalue weighted by molar-refractivity contribution is 0.0334. The number of aliphatic hydroxyl groups excluding tert-OH is 2. The minimum absolute atomic E-state index is 0.0203. The number of hydrogen-bond donors (Lipinski definition) is 3. The second-order valence-electron chi connectivity index (χ2n) is 4.83. The van der Waals surface area contributed by atoms with Crippen LogP contribution >= 0.6 is 0 Å². The van der Waals surface area contributed by atoms with Gasteiger partial charge in [-0.05, 0) is 32.1 Å². The van der Waals surface area contributed by atoms with Crippen LogP contribution in [0.4, 0.5) is 0 Å². The van der Waals surface area contributed by atoms with Gasteiger partial charge in [0.2, 0.25) is 0 Å². The minimum atomic E-state index is -0.530. The Kier molecular flexibility index (Phi) is 5.69. The molecule has 0 saturated carbocycles. The van der Waals surface area contributed by atoms with Gasteiger partial charge in [0.15, 0.2) is 0 Å². The molecule has 0 amide bonds. The third-order valence-electron chi connectivity index (χ3n) is 3.79. The van der Waals surface area contributed by atoms with E-state index in [-0.39, 0.29) is 13.2 Å². The molecule has 4 heteroatoms. The lowest BCUT2D eigenvalue weighted by Gasteiger charge is -2.37. The molecule has 0 aromatic rings. The fraction of sp³-hybridized carbons (Fsp3) is 1.00. The summed E-state index contributed by atoms with van der Waals surface area (Å²) in [7, 11) is 0. The van der Waals surface area contributed by atoms with E-state index in [1.54, 1.807) is 0 Å². The van der Waals surface area contributed by atoms with Crippen molar-refractivity contribution in [3.63, 3.8) is 0 Å². The maximum absolute atomic E-state index is 9.38. The first-order valence-electron chi connectivity index (χ1n) is 6.24. The number of ether oxygens (including phenoxy) is 1. The third kappa shape index (κ3) is 3.42. The summed E-state index contributed by atoms with van der Waals surface area (Å²) in [5.74, 6) is 0.581. The van der Waals surface area contributed by atoms with Crippen LogP contribution in [-0.4, -0.2) is 48.2 Å². The molecule has 0 aliphatic carbocycles. The van der Waals surface area contributed by atoms with E-state index in [0.29, 0.717) is 12.0 Å². The van der Waals surface area contributed by atoms with E-state index in [9.17, 15) is 10.2 Å². The first-order chi connectivity index (χ1) is 7.67. The summed E-state index contributed by atoms with van der Waals surface area (Å²) in [5.41, 5.74) is -0.530. The molecule has 0 bridgehead atoms. The van der Waals surface area contributed by atoms with Crippen LogP contribution in [0.1, 0.15) is 33.1 Å². The van der Waals surface area contributed by atoms with Crippen molar-refractivity contribution in [1.29, 1.82) is 0 Å². The molecular formula is C12H25NO3. The quantitative estimate of drug-likeness (QED) is 0.624. The van der Waals surface area contributed by atoms with Crippen LogP contribution in [0.25, 0.3) is 0 Å². The third-order valence-corrected chi connectivity index (χ3v) is 3.79. The van der Waals surface area contributed by atoms with Gasteiger partial charge < -0.3 is 20.3 Å². The lowest BCUT2D eigenvalue weighted by atomic mass is 9.89. The predicted molar refractivity (Wildman–Crippen MR) is 63.3 cm³/mol. The van der Waals surface area contributed by atoms with Crippen molar-refractivity contribution in [2.75, 3.05) is 26.4 Å².